The van der Waals surface area contributed by atoms with Crippen LogP contribution in [0.4, 0.5) is 15.8 Å². The first-order valence-corrected chi connectivity index (χ1v) is 22.0. The highest BCUT2D eigenvalue weighted by Gasteiger charge is 2.45. The van der Waals surface area contributed by atoms with Gasteiger partial charge in [0, 0.05) is 34.7 Å². The Kier molecular flexibility index (Phi) is 18.5. The van der Waals surface area contributed by atoms with Crippen molar-refractivity contribution in [2.75, 3.05) is 23.8 Å². The van der Waals surface area contributed by atoms with Crippen LogP contribution in [0.2, 0.25) is 0 Å². The number of hydrogen-bond donors (Lipinski definition) is 4. The Balaban J connectivity index is 0.000000498. The van der Waals surface area contributed by atoms with E-state index in [0.29, 0.717) is 17.0 Å². The van der Waals surface area contributed by atoms with Gasteiger partial charge in [-0.05, 0) is 77.7 Å². The highest BCUT2D eigenvalue weighted by molar-refractivity contribution is 7.99. The van der Waals surface area contributed by atoms with Crippen LogP contribution in [0.5, 0.6) is 0 Å². The van der Waals surface area contributed by atoms with Crippen LogP contribution in [0, 0.1) is 27.5 Å². The monoisotopic (exact) mass is 890 g/mol. The number of β-lactam (4-membered cyclic amide) rings is 1. The predicted octanol–water partition coefficient (Wildman–Crippen LogP) is 8.20. The summed E-state index contributed by atoms with van der Waals surface area (Å²) in [6.45, 7) is 7.15. The summed E-state index contributed by atoms with van der Waals surface area (Å²) in [6, 6.07) is 25.0. The van der Waals surface area contributed by atoms with Gasteiger partial charge in [0.15, 0.2) is 6.29 Å². The maximum absolute atomic E-state index is 13.4. The van der Waals surface area contributed by atoms with Gasteiger partial charge in [-0.3, -0.25) is 4.79 Å². The Bertz CT molecular complexity index is 2100. The number of nitroso groups, excluding NO2 is 3. The minimum atomic E-state index is -1.22. The molecule has 4 aromatic rings. The highest BCUT2D eigenvalue weighted by atomic mass is 32.2. The number of rotatable bonds is 15. The zero-order valence-electron chi connectivity index (χ0n) is 35.6. The molecule has 338 valence electrons. The van der Waals surface area contributed by atoms with Crippen molar-refractivity contribution in [3.05, 3.63) is 128 Å². The first-order valence-electron chi connectivity index (χ1n) is 21.0. The van der Waals surface area contributed by atoms with Gasteiger partial charge in [-0.25, -0.2) is 4.39 Å². The van der Waals surface area contributed by atoms with Crippen LogP contribution in [-0.4, -0.2) is 94.2 Å². The Labute approximate surface area is 369 Å². The van der Waals surface area contributed by atoms with Crippen LogP contribution >= 0.6 is 11.8 Å². The number of aryl methyl sites for hydroxylation is 1. The zero-order chi connectivity index (χ0) is 45.6. The van der Waals surface area contributed by atoms with E-state index < -0.39 is 67.4 Å². The molecule has 15 nitrogen and oxygen atoms in total. The summed E-state index contributed by atoms with van der Waals surface area (Å²) in [5.74, 6) is -0.105. The summed E-state index contributed by atoms with van der Waals surface area (Å²) in [4.78, 5) is 49.0. The number of aliphatic hydroxyl groups is 4. The number of thioether (sulfide) groups is 1. The van der Waals surface area contributed by atoms with E-state index in [1.807, 2.05) is 82.3 Å². The number of aliphatic hydroxyl groups excluding tert-OH is 4. The van der Waals surface area contributed by atoms with E-state index in [4.69, 9.17) is 14.2 Å². The lowest BCUT2D eigenvalue weighted by molar-refractivity contribution is -0.283. The predicted molar refractivity (Wildman–Crippen MR) is 238 cm³/mol. The number of carbonyl (C=O) groups is 1. The molecule has 0 aliphatic carbocycles. The SMILES string of the molecule is CC.CCC(O)c1ccc(C)cc1.O=NCC1OC(CSc2ccc(-c3ccc(C4CC(=O)N4c4ccc(F)cc4)c(N=O)c3)cc2)CC(O)C1OC1CC(O)[C@H](N=O)C(CO)O1. The lowest BCUT2D eigenvalue weighted by Gasteiger charge is -2.42. The average Bonchev–Trinajstić information content (AvgIpc) is 3.30. The average molecular weight is 891 g/mol. The summed E-state index contributed by atoms with van der Waals surface area (Å²) in [6.07, 6.45) is -6.02. The van der Waals surface area contributed by atoms with Gasteiger partial charge in [0.05, 0.1) is 43.5 Å². The molecular formula is C46H55FN4O11S. The third kappa shape index (κ3) is 12.5. The molecule has 0 bridgehead atoms. The van der Waals surface area contributed by atoms with Crippen molar-refractivity contribution in [3.63, 3.8) is 0 Å². The molecule has 7 rings (SSSR count). The molecule has 63 heavy (non-hydrogen) atoms. The molecule has 0 aromatic heterocycles. The van der Waals surface area contributed by atoms with Crippen LogP contribution in [-0.2, 0) is 19.0 Å². The fourth-order valence-electron chi connectivity index (χ4n) is 7.64. The Morgan fingerprint density at radius 3 is 2.17 bits per heavy atom. The third-order valence-corrected chi connectivity index (χ3v) is 12.2. The van der Waals surface area contributed by atoms with Crippen molar-refractivity contribution in [3.8, 4) is 11.1 Å². The molecule has 1 amide bonds. The van der Waals surface area contributed by atoms with Crippen molar-refractivity contribution in [2.24, 2.45) is 15.5 Å². The number of amides is 1. The molecule has 0 saturated carbocycles. The summed E-state index contributed by atoms with van der Waals surface area (Å²) in [5.41, 5.74) is 5.19. The van der Waals surface area contributed by atoms with E-state index in [9.17, 15) is 44.3 Å². The van der Waals surface area contributed by atoms with Crippen molar-refractivity contribution in [2.45, 2.75) is 119 Å². The topological polar surface area (TPSA) is 217 Å². The van der Waals surface area contributed by atoms with Gasteiger partial charge in [-0.15, -0.1) is 16.7 Å². The second-order valence-corrected chi connectivity index (χ2v) is 16.3. The molecule has 10 atom stereocenters. The van der Waals surface area contributed by atoms with Crippen LogP contribution in [0.3, 0.4) is 0 Å². The number of carbonyl (C=O) groups excluding carboxylic acids is 1. The maximum Gasteiger partial charge on any atom is 0.230 e. The van der Waals surface area contributed by atoms with Gasteiger partial charge >= 0.3 is 0 Å². The molecule has 3 saturated heterocycles. The summed E-state index contributed by atoms with van der Waals surface area (Å²) in [5, 5.41) is 49.2. The van der Waals surface area contributed by atoms with Crippen molar-refractivity contribution in [1.29, 1.82) is 0 Å². The van der Waals surface area contributed by atoms with E-state index >= 15 is 0 Å². The summed E-state index contributed by atoms with van der Waals surface area (Å²) >= 11 is 1.48. The van der Waals surface area contributed by atoms with Gasteiger partial charge in [0.25, 0.3) is 0 Å². The fraction of sp³-hybridized carbons (Fsp3) is 0.457. The van der Waals surface area contributed by atoms with E-state index in [-0.39, 0.29) is 43.5 Å². The molecule has 4 N–H and O–H groups in total. The van der Waals surface area contributed by atoms with Crippen molar-refractivity contribution >= 4 is 29.0 Å². The Morgan fingerprint density at radius 2 is 1.57 bits per heavy atom. The minimum Gasteiger partial charge on any atom is -0.394 e. The van der Waals surface area contributed by atoms with Gasteiger partial charge in [-0.1, -0.05) is 85.2 Å². The molecule has 3 heterocycles. The normalized spacial score (nSPS) is 25.9. The van der Waals surface area contributed by atoms with E-state index in [0.717, 1.165) is 28.0 Å². The van der Waals surface area contributed by atoms with Crippen molar-refractivity contribution < 1.29 is 43.8 Å². The number of halogens is 1. The number of anilines is 1. The van der Waals surface area contributed by atoms with Gasteiger partial charge in [-0.2, -0.15) is 9.81 Å². The fourth-order valence-corrected chi connectivity index (χ4v) is 8.56. The molecular weight excluding hydrogens is 836 g/mol. The summed E-state index contributed by atoms with van der Waals surface area (Å²) < 4.78 is 31.0. The number of benzene rings is 4. The lowest BCUT2D eigenvalue weighted by atomic mass is 9.90. The third-order valence-electron chi connectivity index (χ3n) is 11.0. The molecule has 4 aromatic carbocycles. The van der Waals surface area contributed by atoms with Gasteiger partial charge in [0.2, 0.25) is 5.91 Å². The second-order valence-electron chi connectivity index (χ2n) is 15.2. The van der Waals surface area contributed by atoms with Crippen LogP contribution in [0.25, 0.3) is 11.1 Å². The standard InChI is InChI=1S/C34H35FN4O10S.C10H14O.C2H6/c35-20-4-6-21(7-5-20)39-26(13-31(39)43)24-10-3-19(11-25(24)37-45)18-1-8-23(9-2-18)50-17-22-12-28(42)34(29(47-22)15-36-44)49-32-14-27(41)33(38-46)30(16-40)48-32;1-3-10(11)9-6-4-8(2)5-7-9;1-2/h1-11,22,26-30,32-34,40-42H,12-17H2;4-7,10-11H,3H2,1-2H3;1-2H3/t22?,26?,27?,28?,29?,30?,32?,33-,34?;;/m0../s1. The van der Waals surface area contributed by atoms with Gasteiger partial charge in [0.1, 0.15) is 42.4 Å². The lowest BCUT2D eigenvalue weighted by Crippen LogP contribution is -2.56. The Hall–Kier alpha value is -4.85. The second kappa shape index (κ2) is 23.7. The Morgan fingerprint density at radius 1 is 0.889 bits per heavy atom. The van der Waals surface area contributed by atoms with Crippen molar-refractivity contribution in [1.82, 2.24) is 0 Å². The minimum absolute atomic E-state index is 0.124. The molecule has 3 aliphatic rings. The van der Waals surface area contributed by atoms with Crippen LogP contribution in [0.15, 0.2) is 111 Å². The number of ether oxygens (including phenoxy) is 3. The smallest absolute Gasteiger partial charge is 0.230 e. The molecule has 0 radical (unpaired) electrons. The van der Waals surface area contributed by atoms with Crippen LogP contribution < -0.4 is 4.90 Å². The largest absolute Gasteiger partial charge is 0.394 e. The molecule has 3 aliphatic heterocycles. The quantitative estimate of drug-likeness (QED) is 0.0505. The first kappa shape index (κ1) is 49.2. The molecule has 3 fully saturated rings. The maximum atomic E-state index is 13.4. The van der Waals surface area contributed by atoms with Crippen LogP contribution in [0.1, 0.15) is 75.3 Å². The van der Waals surface area contributed by atoms with E-state index in [1.54, 1.807) is 12.1 Å². The number of hydrogen-bond acceptors (Lipinski definition) is 15. The zero-order valence-corrected chi connectivity index (χ0v) is 36.4. The summed E-state index contributed by atoms with van der Waals surface area (Å²) in [7, 11) is 0. The first-order chi connectivity index (χ1) is 30.5. The molecule has 9 unspecified atom stereocenters. The van der Waals surface area contributed by atoms with E-state index in [2.05, 4.69) is 15.5 Å². The highest BCUT2D eigenvalue weighted by Crippen LogP contribution is 2.44. The van der Waals surface area contributed by atoms with E-state index in [1.165, 1.54) is 46.5 Å². The number of nitrogens with zero attached hydrogens (tertiary/aromatic N) is 4. The van der Waals surface area contributed by atoms with Gasteiger partial charge < -0.3 is 39.5 Å². The molecule has 17 heteroatoms. The molecule has 0 spiro atoms.